The largest absolute Gasteiger partial charge is 0.308 e. The van der Waals surface area contributed by atoms with Crippen LogP contribution in [0.25, 0.3) is 95.0 Å². The maximum atomic E-state index is 9.82. The van der Waals surface area contributed by atoms with E-state index in [0.717, 1.165) is 77.6 Å². The highest BCUT2D eigenvalue weighted by Crippen LogP contribution is 2.41. The summed E-state index contributed by atoms with van der Waals surface area (Å²) in [5, 5.41) is 12.1. The Labute approximate surface area is 330 Å². The van der Waals surface area contributed by atoms with Crippen LogP contribution >= 0.6 is 0 Å². The summed E-state index contributed by atoms with van der Waals surface area (Å²) in [5.41, 5.74) is 12.8. The van der Waals surface area contributed by atoms with E-state index >= 15 is 0 Å². The minimum atomic E-state index is 0.562. The molecular formula is C52H33N5. The van der Waals surface area contributed by atoms with E-state index in [0.29, 0.717) is 23.0 Å². The van der Waals surface area contributed by atoms with Crippen molar-refractivity contribution in [3.63, 3.8) is 0 Å². The topological polar surface area (TPSA) is 67.4 Å². The standard InChI is InChI=1S/C52H33N5/c53-34-35-14-13-23-40(30-35)43-24-27-44(52-55-50(38-19-9-3-10-20-38)54-51(56-52)39-21-11-4-12-22-39)49(33-43)57-47-28-25-41(36-15-5-1-6-16-36)31-45(47)46-32-42(26-29-48(46)57)37-17-7-2-8-18-37/h1-33H. The molecule has 2 aromatic heterocycles. The third-order valence-corrected chi connectivity index (χ3v) is 10.5. The first-order chi connectivity index (χ1) is 28.2. The lowest BCUT2D eigenvalue weighted by Crippen LogP contribution is -2.04. The third-order valence-electron chi connectivity index (χ3n) is 10.5. The summed E-state index contributed by atoms with van der Waals surface area (Å²) in [6.45, 7) is 0. The van der Waals surface area contributed by atoms with Gasteiger partial charge in [0.1, 0.15) is 0 Å². The van der Waals surface area contributed by atoms with Crippen LogP contribution in [-0.4, -0.2) is 19.5 Å². The van der Waals surface area contributed by atoms with Crippen LogP contribution in [0.1, 0.15) is 5.56 Å². The molecule has 0 aliphatic rings. The minimum Gasteiger partial charge on any atom is -0.308 e. The zero-order chi connectivity index (χ0) is 38.1. The van der Waals surface area contributed by atoms with Gasteiger partial charge in [-0.2, -0.15) is 5.26 Å². The Hall–Kier alpha value is -7.94. The highest BCUT2D eigenvalue weighted by atomic mass is 15.1. The zero-order valence-corrected chi connectivity index (χ0v) is 30.8. The highest BCUT2D eigenvalue weighted by molar-refractivity contribution is 6.12. The van der Waals surface area contributed by atoms with Gasteiger partial charge in [0.25, 0.3) is 0 Å². The number of nitriles is 1. The molecule has 5 nitrogen and oxygen atoms in total. The van der Waals surface area contributed by atoms with Gasteiger partial charge in [0, 0.05) is 27.5 Å². The number of fused-ring (bicyclic) bond motifs is 3. The van der Waals surface area contributed by atoms with Gasteiger partial charge in [-0.05, 0) is 81.9 Å². The average molecular weight is 728 g/mol. The van der Waals surface area contributed by atoms with E-state index in [-0.39, 0.29) is 0 Å². The van der Waals surface area contributed by atoms with Crippen LogP contribution in [0.4, 0.5) is 0 Å². The molecule has 0 atom stereocenters. The molecule has 0 aliphatic carbocycles. The van der Waals surface area contributed by atoms with Gasteiger partial charge in [0.05, 0.1) is 28.4 Å². The molecule has 0 fully saturated rings. The van der Waals surface area contributed by atoms with Gasteiger partial charge in [-0.1, -0.05) is 152 Å². The van der Waals surface area contributed by atoms with Crippen LogP contribution in [0.15, 0.2) is 200 Å². The van der Waals surface area contributed by atoms with Gasteiger partial charge in [0.15, 0.2) is 17.5 Å². The second-order valence-corrected chi connectivity index (χ2v) is 14.0. The number of hydrogen-bond donors (Lipinski definition) is 0. The Bertz CT molecular complexity index is 2960. The fourth-order valence-corrected chi connectivity index (χ4v) is 7.69. The molecule has 5 heteroatoms. The molecule has 0 N–H and O–H groups in total. The van der Waals surface area contributed by atoms with Crippen molar-refractivity contribution in [1.29, 1.82) is 5.26 Å². The van der Waals surface area contributed by atoms with E-state index in [9.17, 15) is 5.26 Å². The second kappa shape index (κ2) is 14.4. The molecule has 10 aromatic rings. The first-order valence-electron chi connectivity index (χ1n) is 18.9. The van der Waals surface area contributed by atoms with Crippen LogP contribution in [-0.2, 0) is 0 Å². The Balaban J connectivity index is 1.28. The van der Waals surface area contributed by atoms with Gasteiger partial charge >= 0.3 is 0 Å². The van der Waals surface area contributed by atoms with Crippen molar-refractivity contribution in [2.75, 3.05) is 0 Å². The lowest BCUT2D eigenvalue weighted by molar-refractivity contribution is 1.06. The quantitative estimate of drug-likeness (QED) is 0.164. The lowest BCUT2D eigenvalue weighted by Gasteiger charge is -2.17. The van der Waals surface area contributed by atoms with Crippen molar-refractivity contribution in [1.82, 2.24) is 19.5 Å². The minimum absolute atomic E-state index is 0.562. The summed E-state index contributed by atoms with van der Waals surface area (Å²) in [6.07, 6.45) is 0. The molecule has 10 rings (SSSR count). The zero-order valence-electron chi connectivity index (χ0n) is 30.8. The number of benzene rings is 8. The normalized spacial score (nSPS) is 11.1. The van der Waals surface area contributed by atoms with Gasteiger partial charge in [-0.25, -0.2) is 15.0 Å². The van der Waals surface area contributed by atoms with Crippen LogP contribution in [0.2, 0.25) is 0 Å². The van der Waals surface area contributed by atoms with Crippen molar-refractivity contribution in [3.05, 3.63) is 206 Å². The third kappa shape index (κ3) is 6.32. The molecule has 0 unspecified atom stereocenters. The maximum absolute atomic E-state index is 9.82. The molecule has 0 bridgehead atoms. The molecule has 0 spiro atoms. The molecule has 0 saturated carbocycles. The predicted molar refractivity (Wildman–Crippen MR) is 231 cm³/mol. The summed E-state index contributed by atoms with van der Waals surface area (Å²) < 4.78 is 2.34. The van der Waals surface area contributed by atoms with E-state index in [4.69, 9.17) is 15.0 Å². The Kier molecular flexibility index (Phi) is 8.48. The van der Waals surface area contributed by atoms with Crippen molar-refractivity contribution in [2.45, 2.75) is 0 Å². The smallest absolute Gasteiger partial charge is 0.166 e. The van der Waals surface area contributed by atoms with Crippen molar-refractivity contribution in [2.24, 2.45) is 0 Å². The van der Waals surface area contributed by atoms with Crippen LogP contribution < -0.4 is 0 Å². The fraction of sp³-hybridized carbons (Fsp3) is 0. The number of nitrogens with zero attached hydrogens (tertiary/aromatic N) is 5. The molecule has 0 saturated heterocycles. The van der Waals surface area contributed by atoms with E-state index in [1.165, 1.54) is 0 Å². The Morgan fingerprint density at radius 3 is 1.28 bits per heavy atom. The van der Waals surface area contributed by atoms with Gasteiger partial charge < -0.3 is 4.57 Å². The van der Waals surface area contributed by atoms with Crippen LogP contribution in [0.5, 0.6) is 0 Å². The van der Waals surface area contributed by atoms with Crippen molar-refractivity contribution in [3.8, 4) is 79.3 Å². The summed E-state index contributed by atoms with van der Waals surface area (Å²) >= 11 is 0. The fourth-order valence-electron chi connectivity index (χ4n) is 7.69. The molecule has 0 aliphatic heterocycles. The molecule has 57 heavy (non-hydrogen) atoms. The van der Waals surface area contributed by atoms with Crippen LogP contribution in [0.3, 0.4) is 0 Å². The molecule has 8 aromatic carbocycles. The number of rotatable bonds is 7. The second-order valence-electron chi connectivity index (χ2n) is 14.0. The van der Waals surface area contributed by atoms with Crippen LogP contribution in [0, 0.1) is 11.3 Å². The molecule has 0 radical (unpaired) electrons. The SMILES string of the molecule is N#Cc1cccc(-c2ccc(-c3nc(-c4ccccc4)nc(-c4ccccc4)n3)c(-n3c4ccc(-c5ccccc5)cc4c4cc(-c5ccccc5)ccc43)c2)c1. The monoisotopic (exact) mass is 727 g/mol. The lowest BCUT2D eigenvalue weighted by atomic mass is 9.99. The Morgan fingerprint density at radius 2 is 0.772 bits per heavy atom. The predicted octanol–water partition coefficient (Wildman–Crippen LogP) is 12.8. The molecule has 0 amide bonds. The summed E-state index contributed by atoms with van der Waals surface area (Å²) in [5.74, 6) is 1.75. The number of aromatic nitrogens is 4. The van der Waals surface area contributed by atoms with Gasteiger partial charge in [-0.15, -0.1) is 0 Å². The highest BCUT2D eigenvalue weighted by Gasteiger charge is 2.21. The summed E-state index contributed by atoms with van der Waals surface area (Å²) in [4.78, 5) is 15.4. The van der Waals surface area contributed by atoms with Crippen molar-refractivity contribution < 1.29 is 0 Å². The first-order valence-corrected chi connectivity index (χ1v) is 18.9. The summed E-state index contributed by atoms with van der Waals surface area (Å²) in [7, 11) is 0. The molecule has 2 heterocycles. The Morgan fingerprint density at radius 1 is 0.351 bits per heavy atom. The summed E-state index contributed by atoms with van der Waals surface area (Å²) in [6, 6.07) is 71.1. The van der Waals surface area contributed by atoms with E-state index in [1.54, 1.807) is 0 Å². The van der Waals surface area contributed by atoms with Crippen molar-refractivity contribution >= 4 is 21.8 Å². The van der Waals surface area contributed by atoms with Gasteiger partial charge in [-0.3, -0.25) is 0 Å². The molecular weight excluding hydrogens is 695 g/mol. The number of hydrogen-bond acceptors (Lipinski definition) is 4. The van der Waals surface area contributed by atoms with E-state index in [1.807, 2.05) is 84.9 Å². The van der Waals surface area contributed by atoms with Gasteiger partial charge in [0.2, 0.25) is 0 Å². The van der Waals surface area contributed by atoms with E-state index < -0.39 is 0 Å². The average Bonchev–Trinajstić information content (AvgIpc) is 3.62. The van der Waals surface area contributed by atoms with E-state index in [2.05, 4.69) is 126 Å². The first kappa shape index (κ1) is 33.6. The molecule has 266 valence electrons. The maximum Gasteiger partial charge on any atom is 0.166 e.